The summed E-state index contributed by atoms with van der Waals surface area (Å²) in [6.45, 7) is -0.227. The Bertz CT molecular complexity index is 777. The van der Waals surface area contributed by atoms with Gasteiger partial charge in [-0.2, -0.15) is 5.10 Å². The van der Waals surface area contributed by atoms with Gasteiger partial charge in [-0.1, -0.05) is 15.9 Å². The minimum Gasteiger partial charge on any atom is -0.502 e. The lowest BCUT2D eigenvalue weighted by molar-refractivity contribution is -0.385. The van der Waals surface area contributed by atoms with E-state index in [1.54, 1.807) is 24.3 Å². The molecule has 124 valence electrons. The number of hydrazone groups is 1. The lowest BCUT2D eigenvalue weighted by atomic mass is 10.2. The molecular formula is C15H12BrN3O5. The maximum Gasteiger partial charge on any atom is 0.311 e. The number of hydrogen-bond acceptors (Lipinski definition) is 6. The van der Waals surface area contributed by atoms with E-state index in [4.69, 9.17) is 4.74 Å². The molecule has 2 rings (SSSR count). The molecular weight excluding hydrogens is 382 g/mol. The number of phenols is 1. The molecule has 0 atom stereocenters. The van der Waals surface area contributed by atoms with Gasteiger partial charge in [0.2, 0.25) is 0 Å². The van der Waals surface area contributed by atoms with Crippen LogP contribution in [0.25, 0.3) is 0 Å². The predicted molar refractivity (Wildman–Crippen MR) is 90.1 cm³/mol. The second-order valence-corrected chi connectivity index (χ2v) is 5.46. The summed E-state index contributed by atoms with van der Waals surface area (Å²) in [7, 11) is 0. The van der Waals surface area contributed by atoms with Crippen molar-refractivity contribution in [2.45, 2.75) is 0 Å². The van der Waals surface area contributed by atoms with Gasteiger partial charge in [-0.05, 0) is 36.4 Å². The SMILES string of the molecule is O=C(COc1ccc(Br)cc1)N/N=C\c1ccc(O)c([N+](=O)[O-])c1. The number of carbonyl (C=O) groups is 1. The number of phenolic OH excluding ortho intramolecular Hbond substituents is 1. The van der Waals surface area contributed by atoms with Crippen LogP contribution in [0.15, 0.2) is 52.0 Å². The maximum absolute atomic E-state index is 11.6. The van der Waals surface area contributed by atoms with Crippen LogP contribution < -0.4 is 10.2 Å². The van der Waals surface area contributed by atoms with Crippen molar-refractivity contribution in [1.29, 1.82) is 0 Å². The van der Waals surface area contributed by atoms with Crippen LogP contribution >= 0.6 is 15.9 Å². The number of rotatable bonds is 6. The Labute approximate surface area is 145 Å². The van der Waals surface area contributed by atoms with E-state index in [-0.39, 0.29) is 6.61 Å². The van der Waals surface area contributed by atoms with Gasteiger partial charge in [0.25, 0.3) is 5.91 Å². The number of halogens is 1. The van der Waals surface area contributed by atoms with E-state index in [2.05, 4.69) is 26.5 Å². The minimum atomic E-state index is -0.711. The molecule has 8 nitrogen and oxygen atoms in total. The molecule has 0 aliphatic heterocycles. The quantitative estimate of drug-likeness (QED) is 0.444. The molecule has 0 aromatic heterocycles. The summed E-state index contributed by atoms with van der Waals surface area (Å²) in [4.78, 5) is 21.6. The molecule has 2 aromatic rings. The van der Waals surface area contributed by atoms with Crippen molar-refractivity contribution in [3.8, 4) is 11.5 Å². The third kappa shape index (κ3) is 5.06. The standard InChI is InChI=1S/C15H12BrN3O5/c16-11-2-4-12(5-3-11)24-9-15(21)18-17-8-10-1-6-14(20)13(7-10)19(22)23/h1-8,20H,9H2,(H,18,21)/b17-8-. The number of aromatic hydroxyl groups is 1. The smallest absolute Gasteiger partial charge is 0.311 e. The minimum absolute atomic E-state index is 0.227. The highest BCUT2D eigenvalue weighted by Gasteiger charge is 2.12. The van der Waals surface area contributed by atoms with Crippen molar-refractivity contribution >= 4 is 33.7 Å². The fourth-order valence-corrected chi connectivity index (χ4v) is 1.92. The molecule has 0 unspecified atom stereocenters. The van der Waals surface area contributed by atoms with Gasteiger partial charge in [0, 0.05) is 16.1 Å². The first-order valence-corrected chi connectivity index (χ1v) is 7.42. The van der Waals surface area contributed by atoms with Crippen LogP contribution in [0.4, 0.5) is 5.69 Å². The molecule has 0 spiro atoms. The van der Waals surface area contributed by atoms with Crippen LogP contribution in [-0.2, 0) is 4.79 Å². The fourth-order valence-electron chi connectivity index (χ4n) is 1.66. The topological polar surface area (TPSA) is 114 Å². The predicted octanol–water partition coefficient (Wildman–Crippen LogP) is 2.59. The van der Waals surface area contributed by atoms with E-state index in [1.165, 1.54) is 18.3 Å². The largest absolute Gasteiger partial charge is 0.502 e. The van der Waals surface area contributed by atoms with Crippen LogP contribution in [0.5, 0.6) is 11.5 Å². The second-order valence-electron chi connectivity index (χ2n) is 4.54. The van der Waals surface area contributed by atoms with Gasteiger partial charge < -0.3 is 9.84 Å². The normalized spacial score (nSPS) is 10.5. The van der Waals surface area contributed by atoms with E-state index < -0.39 is 22.3 Å². The Morgan fingerprint density at radius 2 is 2.04 bits per heavy atom. The van der Waals surface area contributed by atoms with E-state index in [9.17, 15) is 20.0 Å². The summed E-state index contributed by atoms with van der Waals surface area (Å²) < 4.78 is 6.16. The summed E-state index contributed by atoms with van der Waals surface area (Å²) in [6, 6.07) is 10.7. The number of nitro benzene ring substituents is 1. The molecule has 2 aromatic carbocycles. The average Bonchev–Trinajstić information content (AvgIpc) is 2.55. The molecule has 0 bridgehead atoms. The van der Waals surface area contributed by atoms with E-state index in [0.717, 1.165) is 10.5 Å². The van der Waals surface area contributed by atoms with Crippen LogP contribution in [0, 0.1) is 10.1 Å². The van der Waals surface area contributed by atoms with Gasteiger partial charge in [-0.25, -0.2) is 5.43 Å². The lowest BCUT2D eigenvalue weighted by Gasteiger charge is -2.04. The highest BCUT2D eigenvalue weighted by molar-refractivity contribution is 9.10. The van der Waals surface area contributed by atoms with Gasteiger partial charge in [0.05, 0.1) is 11.1 Å². The van der Waals surface area contributed by atoms with Gasteiger partial charge in [-0.15, -0.1) is 0 Å². The first-order chi connectivity index (χ1) is 11.5. The zero-order chi connectivity index (χ0) is 17.5. The Morgan fingerprint density at radius 1 is 1.33 bits per heavy atom. The number of nitrogens with zero attached hydrogens (tertiary/aromatic N) is 2. The zero-order valence-corrected chi connectivity index (χ0v) is 13.8. The third-order valence-electron chi connectivity index (χ3n) is 2.78. The third-order valence-corrected chi connectivity index (χ3v) is 3.31. The summed E-state index contributed by atoms with van der Waals surface area (Å²) in [5.74, 6) is -0.391. The first-order valence-electron chi connectivity index (χ1n) is 6.63. The molecule has 1 amide bonds. The molecule has 0 aliphatic carbocycles. The molecule has 0 saturated heterocycles. The lowest BCUT2D eigenvalue weighted by Crippen LogP contribution is -2.24. The number of amides is 1. The Balaban J connectivity index is 1.87. The van der Waals surface area contributed by atoms with Crippen molar-refractivity contribution < 1.29 is 19.6 Å². The molecule has 0 fully saturated rings. The van der Waals surface area contributed by atoms with Crippen molar-refractivity contribution in [2.24, 2.45) is 5.10 Å². The van der Waals surface area contributed by atoms with Crippen molar-refractivity contribution in [3.05, 3.63) is 62.6 Å². The van der Waals surface area contributed by atoms with Gasteiger partial charge >= 0.3 is 5.69 Å². The van der Waals surface area contributed by atoms with Crippen LogP contribution in [0.3, 0.4) is 0 Å². The molecule has 0 aliphatic rings. The number of carbonyl (C=O) groups excluding carboxylic acids is 1. The second kappa shape index (κ2) is 8.06. The Morgan fingerprint density at radius 3 is 2.71 bits per heavy atom. The highest BCUT2D eigenvalue weighted by Crippen LogP contribution is 2.25. The summed E-state index contributed by atoms with van der Waals surface area (Å²) in [6.07, 6.45) is 1.23. The van der Waals surface area contributed by atoms with Gasteiger partial charge in [0.1, 0.15) is 5.75 Å². The van der Waals surface area contributed by atoms with Crippen molar-refractivity contribution in [2.75, 3.05) is 6.61 Å². The number of nitrogens with one attached hydrogen (secondary N) is 1. The molecule has 0 saturated carbocycles. The molecule has 2 N–H and O–H groups in total. The highest BCUT2D eigenvalue weighted by atomic mass is 79.9. The summed E-state index contributed by atoms with van der Waals surface area (Å²) in [5.41, 5.74) is 2.15. The van der Waals surface area contributed by atoms with E-state index >= 15 is 0 Å². The van der Waals surface area contributed by atoms with Crippen molar-refractivity contribution in [3.63, 3.8) is 0 Å². The molecule has 24 heavy (non-hydrogen) atoms. The average molecular weight is 394 g/mol. The van der Waals surface area contributed by atoms with E-state index in [0.29, 0.717) is 11.3 Å². The Kier molecular flexibility index (Phi) is 5.85. The number of benzene rings is 2. The van der Waals surface area contributed by atoms with Gasteiger partial charge in [-0.3, -0.25) is 14.9 Å². The number of ether oxygens (including phenoxy) is 1. The number of hydrogen-bond donors (Lipinski definition) is 2. The Hall–Kier alpha value is -2.94. The van der Waals surface area contributed by atoms with Crippen LogP contribution in [-0.4, -0.2) is 28.8 Å². The van der Waals surface area contributed by atoms with Crippen LogP contribution in [0.1, 0.15) is 5.56 Å². The fraction of sp³-hybridized carbons (Fsp3) is 0.0667. The maximum atomic E-state index is 11.6. The molecule has 0 heterocycles. The molecule has 9 heteroatoms. The van der Waals surface area contributed by atoms with Crippen LogP contribution in [0.2, 0.25) is 0 Å². The summed E-state index contributed by atoms with van der Waals surface area (Å²) >= 11 is 3.29. The van der Waals surface area contributed by atoms with Crippen molar-refractivity contribution in [1.82, 2.24) is 5.43 Å². The summed E-state index contributed by atoms with van der Waals surface area (Å²) in [5, 5.41) is 23.7. The number of nitro groups is 1. The monoisotopic (exact) mass is 393 g/mol. The van der Waals surface area contributed by atoms with E-state index in [1.807, 2.05) is 0 Å². The van der Waals surface area contributed by atoms with Gasteiger partial charge in [0.15, 0.2) is 12.4 Å². The zero-order valence-electron chi connectivity index (χ0n) is 12.2. The molecule has 0 radical (unpaired) electrons. The first kappa shape index (κ1) is 17.4.